The zero-order chi connectivity index (χ0) is 21.1. The molecule has 0 bridgehead atoms. The van der Waals surface area contributed by atoms with Crippen LogP contribution in [0, 0.1) is 4.77 Å². The van der Waals surface area contributed by atoms with Gasteiger partial charge < -0.3 is 14.4 Å². The number of nitrogens with one attached hydrogen (secondary N) is 1. The maximum Gasteiger partial charge on any atom is 0.203 e. The number of quaternary nitrogens is 1. The predicted octanol–water partition coefficient (Wildman–Crippen LogP) is 2.50. The Balaban J connectivity index is 1.60. The molecule has 0 saturated heterocycles. The number of rotatable bonds is 7. The summed E-state index contributed by atoms with van der Waals surface area (Å²) in [5.74, 6) is 2.48. The number of methoxy groups -OCH3 is 2. The number of benzene rings is 1. The van der Waals surface area contributed by atoms with Gasteiger partial charge in [-0.05, 0) is 48.5 Å². The summed E-state index contributed by atoms with van der Waals surface area (Å²) < 4.78 is 15.8. The summed E-state index contributed by atoms with van der Waals surface area (Å²) >= 11 is 5.79. The first-order chi connectivity index (χ1) is 14.6. The Morgan fingerprint density at radius 1 is 1.10 bits per heavy atom. The lowest BCUT2D eigenvalue weighted by Crippen LogP contribution is -3.11. The van der Waals surface area contributed by atoms with Gasteiger partial charge in [0.15, 0.2) is 24.0 Å². The van der Waals surface area contributed by atoms with Crippen LogP contribution in [0.5, 0.6) is 11.5 Å². The molecule has 0 fully saturated rings. The van der Waals surface area contributed by atoms with Gasteiger partial charge in [-0.2, -0.15) is 4.68 Å². The van der Waals surface area contributed by atoms with Crippen molar-refractivity contribution in [1.82, 2.24) is 19.3 Å². The molecule has 0 saturated carbocycles. The fourth-order valence-electron chi connectivity index (χ4n) is 4.06. The molecule has 2 aromatic heterocycles. The fraction of sp³-hybridized carbons (Fsp3) is 0.409. The Labute approximate surface area is 181 Å². The average Bonchev–Trinajstić information content (AvgIpc) is 3.09. The van der Waals surface area contributed by atoms with Crippen LogP contribution < -0.4 is 14.4 Å². The van der Waals surface area contributed by atoms with Crippen molar-refractivity contribution >= 4 is 12.2 Å². The molecule has 1 N–H and O–H groups in total. The second-order valence-electron chi connectivity index (χ2n) is 7.55. The molecule has 30 heavy (non-hydrogen) atoms. The van der Waals surface area contributed by atoms with E-state index in [9.17, 15) is 0 Å². The Kier molecular flexibility index (Phi) is 6.15. The van der Waals surface area contributed by atoms with Crippen LogP contribution in [0.1, 0.15) is 24.5 Å². The number of hydrogen-bond donors (Lipinski definition) is 1. The predicted molar refractivity (Wildman–Crippen MR) is 117 cm³/mol. The molecule has 0 radical (unpaired) electrons. The van der Waals surface area contributed by atoms with Gasteiger partial charge in [0.2, 0.25) is 4.77 Å². The molecule has 1 aliphatic rings. The molecule has 7 nitrogen and oxygen atoms in total. The Morgan fingerprint density at radius 2 is 1.80 bits per heavy atom. The van der Waals surface area contributed by atoms with Gasteiger partial charge in [-0.25, -0.2) is 0 Å². The van der Waals surface area contributed by atoms with Crippen molar-refractivity contribution in [2.45, 2.75) is 39.5 Å². The number of hydrogen-bond acceptors (Lipinski definition) is 5. The van der Waals surface area contributed by atoms with Gasteiger partial charge in [-0.3, -0.25) is 9.55 Å². The average molecular weight is 427 g/mol. The van der Waals surface area contributed by atoms with Gasteiger partial charge in [-0.15, -0.1) is 5.10 Å². The van der Waals surface area contributed by atoms with E-state index in [0.29, 0.717) is 0 Å². The minimum atomic E-state index is 0.738. The van der Waals surface area contributed by atoms with Gasteiger partial charge in [0, 0.05) is 36.5 Å². The Morgan fingerprint density at radius 3 is 2.47 bits per heavy atom. The standard InChI is InChI=1S/C22H27N5O2S/c1-4-10-26-21(16-5-8-23-9-6-16)24-27(22(26)30)15-25-11-7-17-12-19(28-2)20(29-3)13-18(17)14-25/h5-6,8-9,12-13H,4,7,10-11,14-15H2,1-3H3/p+1. The summed E-state index contributed by atoms with van der Waals surface area (Å²) in [6, 6.07) is 8.17. The summed E-state index contributed by atoms with van der Waals surface area (Å²) in [5.41, 5.74) is 3.66. The van der Waals surface area contributed by atoms with Crippen LogP contribution in [0.15, 0.2) is 36.7 Å². The molecule has 0 aliphatic carbocycles. The minimum absolute atomic E-state index is 0.738. The van der Waals surface area contributed by atoms with Gasteiger partial charge >= 0.3 is 0 Å². The lowest BCUT2D eigenvalue weighted by atomic mass is 9.99. The second kappa shape index (κ2) is 8.97. The number of aromatic nitrogens is 4. The normalized spacial score (nSPS) is 15.6. The molecule has 0 amide bonds. The third kappa shape index (κ3) is 3.97. The largest absolute Gasteiger partial charge is 0.493 e. The molecule has 3 aromatic rings. The van der Waals surface area contributed by atoms with Crippen LogP contribution in [-0.2, 0) is 26.2 Å². The van der Waals surface area contributed by atoms with Crippen LogP contribution in [0.2, 0.25) is 0 Å². The third-order valence-corrected chi connectivity index (χ3v) is 6.01. The van der Waals surface area contributed by atoms with E-state index < -0.39 is 0 Å². The van der Waals surface area contributed by atoms with Crippen molar-refractivity contribution in [3.63, 3.8) is 0 Å². The maximum atomic E-state index is 5.79. The molecule has 1 aliphatic heterocycles. The van der Waals surface area contributed by atoms with Crippen molar-refractivity contribution < 1.29 is 14.4 Å². The monoisotopic (exact) mass is 426 g/mol. The van der Waals surface area contributed by atoms with E-state index in [0.717, 1.165) is 66.8 Å². The molecule has 3 heterocycles. The topological polar surface area (TPSA) is 58.5 Å². The lowest BCUT2D eigenvalue weighted by Gasteiger charge is -2.26. The quantitative estimate of drug-likeness (QED) is 0.589. The van der Waals surface area contributed by atoms with E-state index in [1.54, 1.807) is 26.6 Å². The van der Waals surface area contributed by atoms with Crippen molar-refractivity contribution in [1.29, 1.82) is 0 Å². The van der Waals surface area contributed by atoms with Crippen LogP contribution in [0.25, 0.3) is 11.4 Å². The summed E-state index contributed by atoms with van der Waals surface area (Å²) in [4.78, 5) is 5.55. The first kappa shape index (κ1) is 20.6. The molecule has 0 spiro atoms. The van der Waals surface area contributed by atoms with Crippen LogP contribution in [-0.4, -0.2) is 40.1 Å². The van der Waals surface area contributed by atoms with E-state index in [4.69, 9.17) is 26.8 Å². The van der Waals surface area contributed by atoms with Gasteiger partial charge in [0.1, 0.15) is 6.54 Å². The highest BCUT2D eigenvalue weighted by molar-refractivity contribution is 7.71. The highest BCUT2D eigenvalue weighted by Gasteiger charge is 2.24. The van der Waals surface area contributed by atoms with E-state index in [1.807, 2.05) is 16.8 Å². The first-order valence-corrected chi connectivity index (χ1v) is 10.7. The summed E-state index contributed by atoms with van der Waals surface area (Å²) in [5, 5.41) is 4.89. The van der Waals surface area contributed by atoms with Crippen LogP contribution in [0.3, 0.4) is 0 Å². The molecular formula is C22H28N5O2S+. The van der Waals surface area contributed by atoms with Gasteiger partial charge in [0.05, 0.1) is 20.8 Å². The molecular weight excluding hydrogens is 398 g/mol. The minimum Gasteiger partial charge on any atom is -0.493 e. The summed E-state index contributed by atoms with van der Waals surface area (Å²) in [6.07, 6.45) is 5.58. The van der Waals surface area contributed by atoms with Gasteiger partial charge in [-0.1, -0.05) is 6.92 Å². The first-order valence-electron chi connectivity index (χ1n) is 10.3. The SMILES string of the molecule is CCCn1c(-c2ccncc2)nn(C[NH+]2CCc3cc(OC)c(OC)cc3C2)c1=S. The van der Waals surface area contributed by atoms with Crippen molar-refractivity contribution in [3.8, 4) is 22.9 Å². The zero-order valence-corrected chi connectivity index (χ0v) is 18.5. The Bertz CT molecular complexity index is 1080. The van der Waals surface area contributed by atoms with E-state index >= 15 is 0 Å². The van der Waals surface area contributed by atoms with Crippen molar-refractivity contribution in [2.75, 3.05) is 20.8 Å². The fourth-order valence-corrected chi connectivity index (χ4v) is 4.34. The molecule has 158 valence electrons. The third-order valence-electron chi connectivity index (χ3n) is 5.58. The smallest absolute Gasteiger partial charge is 0.203 e. The van der Waals surface area contributed by atoms with Crippen LogP contribution >= 0.6 is 12.2 Å². The number of nitrogens with zero attached hydrogens (tertiary/aromatic N) is 4. The number of fused-ring (bicyclic) bond motifs is 1. The summed E-state index contributed by atoms with van der Waals surface area (Å²) in [6.45, 7) is 5.68. The van der Waals surface area contributed by atoms with Gasteiger partial charge in [0.25, 0.3) is 0 Å². The Hall–Kier alpha value is -2.71. The van der Waals surface area contributed by atoms with Crippen LogP contribution in [0.4, 0.5) is 0 Å². The molecule has 1 atom stereocenters. The maximum absolute atomic E-state index is 5.79. The highest BCUT2D eigenvalue weighted by atomic mass is 32.1. The van der Waals surface area contributed by atoms with E-state index in [1.165, 1.54) is 16.0 Å². The lowest BCUT2D eigenvalue weighted by molar-refractivity contribution is -0.939. The molecule has 4 rings (SSSR count). The van der Waals surface area contributed by atoms with Crippen molar-refractivity contribution in [2.24, 2.45) is 0 Å². The second-order valence-corrected chi connectivity index (χ2v) is 7.92. The summed E-state index contributed by atoms with van der Waals surface area (Å²) in [7, 11) is 3.36. The molecule has 1 unspecified atom stereocenters. The molecule has 1 aromatic carbocycles. The zero-order valence-electron chi connectivity index (χ0n) is 17.7. The number of ether oxygens (including phenoxy) is 2. The van der Waals surface area contributed by atoms with Crippen molar-refractivity contribution in [3.05, 3.63) is 52.6 Å². The highest BCUT2D eigenvalue weighted by Crippen LogP contribution is 2.31. The number of pyridine rings is 1. The molecule has 8 heteroatoms. The van der Waals surface area contributed by atoms with E-state index in [-0.39, 0.29) is 0 Å². The van der Waals surface area contributed by atoms with E-state index in [2.05, 4.69) is 28.6 Å².